The van der Waals surface area contributed by atoms with Crippen LogP contribution in [0, 0.1) is 0 Å². The van der Waals surface area contributed by atoms with Gasteiger partial charge < -0.3 is 14.2 Å². The van der Waals surface area contributed by atoms with Gasteiger partial charge in [0.25, 0.3) is 0 Å². The van der Waals surface area contributed by atoms with E-state index in [1.54, 1.807) is 0 Å². The topological polar surface area (TPSA) is 40.6 Å². The van der Waals surface area contributed by atoms with Crippen molar-refractivity contribution in [2.24, 2.45) is 0 Å². The van der Waals surface area contributed by atoms with Crippen molar-refractivity contribution in [3.05, 3.63) is 58.4 Å². The molecule has 1 fully saturated rings. The predicted octanol–water partition coefficient (Wildman–Crippen LogP) is 3.54. The lowest BCUT2D eigenvalue weighted by atomic mass is 9.90. The van der Waals surface area contributed by atoms with Gasteiger partial charge in [-0.05, 0) is 5.56 Å². The van der Waals surface area contributed by atoms with Crippen LogP contribution in [0.3, 0.4) is 0 Å². The molecule has 24 heavy (non-hydrogen) atoms. The van der Waals surface area contributed by atoms with Gasteiger partial charge >= 0.3 is 0 Å². The molecule has 0 N–H and O–H groups in total. The number of pyridine rings is 1. The number of hydrogen-bond acceptors (Lipinski definition) is 4. The fraction of sp³-hybridized carbons (Fsp3) is 0.421. The highest BCUT2D eigenvalue weighted by atomic mass is 35.5. The Morgan fingerprint density at radius 2 is 2.08 bits per heavy atom. The van der Waals surface area contributed by atoms with E-state index >= 15 is 0 Å². The summed E-state index contributed by atoms with van der Waals surface area (Å²) in [6.07, 6.45) is 2.47. The van der Waals surface area contributed by atoms with E-state index in [1.165, 1.54) is 5.56 Å². The first-order chi connectivity index (χ1) is 11.8. The number of nitrogens with zero attached hydrogens (tertiary/aromatic N) is 1. The van der Waals surface area contributed by atoms with Crippen molar-refractivity contribution in [3.63, 3.8) is 0 Å². The molecule has 2 aromatic rings. The van der Waals surface area contributed by atoms with Crippen LogP contribution < -0.4 is 4.74 Å². The summed E-state index contributed by atoms with van der Waals surface area (Å²) in [4.78, 5) is 4.56. The van der Waals surface area contributed by atoms with E-state index in [0.717, 1.165) is 36.3 Å². The molecular weight excluding hydrogens is 326 g/mol. The van der Waals surface area contributed by atoms with Gasteiger partial charge in [-0.25, -0.2) is 4.98 Å². The summed E-state index contributed by atoms with van der Waals surface area (Å²) in [5.74, 6) is 0.829. The van der Waals surface area contributed by atoms with E-state index < -0.39 is 5.60 Å². The average molecular weight is 346 g/mol. The molecule has 126 valence electrons. The number of halogens is 1. The molecule has 0 bridgehead atoms. The van der Waals surface area contributed by atoms with Crippen LogP contribution in [0.1, 0.15) is 23.2 Å². The van der Waals surface area contributed by atoms with Gasteiger partial charge in [0.1, 0.15) is 16.5 Å². The number of fused-ring (bicyclic) bond motifs is 2. The molecule has 1 unspecified atom stereocenters. The maximum atomic E-state index is 6.25. The van der Waals surface area contributed by atoms with Crippen LogP contribution in [-0.2, 0) is 27.9 Å². The Morgan fingerprint density at radius 1 is 1.21 bits per heavy atom. The van der Waals surface area contributed by atoms with E-state index in [2.05, 4.69) is 17.1 Å². The summed E-state index contributed by atoms with van der Waals surface area (Å²) in [5.41, 5.74) is 2.82. The van der Waals surface area contributed by atoms with Gasteiger partial charge in [-0.3, -0.25) is 0 Å². The second kappa shape index (κ2) is 6.71. The summed E-state index contributed by atoms with van der Waals surface area (Å²) in [6, 6.07) is 12.1. The molecule has 4 rings (SSSR count). The molecular formula is C19H20ClNO3. The van der Waals surface area contributed by atoms with Gasteiger partial charge in [-0.15, -0.1) is 0 Å². The minimum absolute atomic E-state index is 0.445. The fourth-order valence-corrected chi connectivity index (χ4v) is 3.64. The van der Waals surface area contributed by atoms with Gasteiger partial charge in [0, 0.05) is 37.5 Å². The summed E-state index contributed by atoms with van der Waals surface area (Å²) in [7, 11) is 0. The van der Waals surface area contributed by atoms with Gasteiger partial charge in [0.05, 0.1) is 25.5 Å². The Hall–Kier alpha value is -1.62. The van der Waals surface area contributed by atoms with Crippen LogP contribution in [0.15, 0.2) is 36.4 Å². The first-order valence-corrected chi connectivity index (χ1v) is 8.73. The Morgan fingerprint density at radius 3 is 2.88 bits per heavy atom. The zero-order valence-corrected chi connectivity index (χ0v) is 14.2. The van der Waals surface area contributed by atoms with Gasteiger partial charge in [0.15, 0.2) is 0 Å². The molecule has 0 saturated carbocycles. The first kappa shape index (κ1) is 15.9. The Balaban J connectivity index is 1.56. The molecule has 3 heterocycles. The molecule has 5 heteroatoms. The number of ether oxygens (including phenoxy) is 3. The van der Waals surface area contributed by atoms with Gasteiger partial charge in [0.2, 0.25) is 0 Å². The van der Waals surface area contributed by atoms with E-state index in [9.17, 15) is 0 Å². The molecule has 4 nitrogen and oxygen atoms in total. The second-order valence-corrected chi connectivity index (χ2v) is 6.64. The van der Waals surface area contributed by atoms with Crippen molar-refractivity contribution in [1.29, 1.82) is 0 Å². The molecule has 1 atom stereocenters. The van der Waals surface area contributed by atoms with Crippen LogP contribution in [0.5, 0.6) is 5.75 Å². The largest absolute Gasteiger partial charge is 0.493 e. The number of rotatable bonds is 4. The van der Waals surface area contributed by atoms with Crippen molar-refractivity contribution in [3.8, 4) is 5.75 Å². The van der Waals surface area contributed by atoms with Crippen LogP contribution in [0.4, 0.5) is 0 Å². The highest BCUT2D eigenvalue weighted by Crippen LogP contribution is 2.42. The lowest BCUT2D eigenvalue weighted by Gasteiger charge is -2.34. The van der Waals surface area contributed by atoms with Crippen molar-refractivity contribution < 1.29 is 14.2 Å². The lowest BCUT2D eigenvalue weighted by molar-refractivity contribution is -0.0670. The maximum Gasteiger partial charge on any atom is 0.136 e. The van der Waals surface area contributed by atoms with Gasteiger partial charge in [-0.2, -0.15) is 0 Å². The van der Waals surface area contributed by atoms with Crippen molar-refractivity contribution in [2.75, 3.05) is 26.4 Å². The highest BCUT2D eigenvalue weighted by Gasteiger charge is 2.44. The number of aromatic nitrogens is 1. The molecule has 0 aliphatic carbocycles. The third-order valence-corrected chi connectivity index (χ3v) is 4.88. The predicted molar refractivity (Wildman–Crippen MR) is 91.7 cm³/mol. The summed E-state index contributed by atoms with van der Waals surface area (Å²) >= 11 is 6.25. The Kier molecular flexibility index (Phi) is 4.44. The molecule has 1 aromatic heterocycles. The molecule has 1 spiro atoms. The Bertz CT molecular complexity index is 714. The van der Waals surface area contributed by atoms with Crippen LogP contribution >= 0.6 is 11.6 Å². The van der Waals surface area contributed by atoms with Crippen LogP contribution in [-0.4, -0.2) is 31.4 Å². The van der Waals surface area contributed by atoms with Crippen LogP contribution in [0.2, 0.25) is 5.15 Å². The third kappa shape index (κ3) is 3.02. The van der Waals surface area contributed by atoms with E-state index in [-0.39, 0.29) is 0 Å². The Labute approximate surface area is 146 Å². The fourth-order valence-electron chi connectivity index (χ4n) is 3.45. The van der Waals surface area contributed by atoms with Crippen molar-refractivity contribution in [1.82, 2.24) is 4.98 Å². The molecule has 1 aromatic carbocycles. The molecule has 1 saturated heterocycles. The first-order valence-electron chi connectivity index (χ1n) is 8.35. The lowest BCUT2D eigenvalue weighted by Crippen LogP contribution is -2.37. The van der Waals surface area contributed by atoms with E-state index in [1.807, 2.05) is 24.3 Å². The summed E-state index contributed by atoms with van der Waals surface area (Å²) in [5, 5.41) is 0.445. The maximum absolute atomic E-state index is 6.25. The standard InChI is InChI=1S/C19H20ClNO3/c20-17-12-16(23-9-6-14-4-2-1-3-5-14)15-7-10-24-19(18(15)21-17)8-11-22-13-19/h1-5,12H,6-11,13H2. The van der Waals surface area contributed by atoms with Gasteiger partial charge in [-0.1, -0.05) is 41.9 Å². The minimum atomic E-state index is -0.448. The monoisotopic (exact) mass is 345 g/mol. The SMILES string of the molecule is Clc1cc(OCCc2ccccc2)c2c(n1)C1(CCOC1)OCC2. The highest BCUT2D eigenvalue weighted by molar-refractivity contribution is 6.29. The average Bonchev–Trinajstić information content (AvgIpc) is 3.06. The molecule has 0 amide bonds. The smallest absolute Gasteiger partial charge is 0.136 e. The number of hydrogen-bond donors (Lipinski definition) is 0. The summed E-state index contributed by atoms with van der Waals surface area (Å²) in [6.45, 7) is 2.50. The summed E-state index contributed by atoms with van der Waals surface area (Å²) < 4.78 is 17.7. The molecule has 2 aliphatic rings. The molecule has 0 radical (unpaired) electrons. The minimum Gasteiger partial charge on any atom is -0.493 e. The third-order valence-electron chi connectivity index (χ3n) is 4.69. The van der Waals surface area contributed by atoms with Crippen LogP contribution in [0.25, 0.3) is 0 Å². The zero-order chi connectivity index (χ0) is 16.4. The van der Waals surface area contributed by atoms with Crippen molar-refractivity contribution >= 4 is 11.6 Å². The second-order valence-electron chi connectivity index (χ2n) is 6.25. The van der Waals surface area contributed by atoms with E-state index in [4.69, 9.17) is 25.8 Å². The zero-order valence-electron chi connectivity index (χ0n) is 13.5. The molecule has 2 aliphatic heterocycles. The van der Waals surface area contributed by atoms with Crippen molar-refractivity contribution in [2.45, 2.75) is 24.9 Å². The van der Waals surface area contributed by atoms with E-state index in [0.29, 0.717) is 31.6 Å². The number of benzene rings is 1. The normalized spacial score (nSPS) is 22.5. The quantitative estimate of drug-likeness (QED) is 0.795.